The van der Waals surface area contributed by atoms with Crippen molar-refractivity contribution < 1.29 is 27.8 Å². The molecule has 0 amide bonds. The minimum atomic E-state index is -3.78. The summed E-state index contributed by atoms with van der Waals surface area (Å²) in [4.78, 5) is 0. The third kappa shape index (κ3) is 2.51. The maximum Gasteiger partial charge on any atom is 0.300 e. The van der Waals surface area contributed by atoms with Gasteiger partial charge in [-0.05, 0) is 6.92 Å². The van der Waals surface area contributed by atoms with Crippen molar-refractivity contribution in [2.45, 2.75) is 25.1 Å². The molecule has 0 spiro atoms. The normalized spacial score (nSPS) is 19.2. The molecule has 0 aliphatic carbocycles. The molecule has 1 aromatic carbocycles. The van der Waals surface area contributed by atoms with Crippen molar-refractivity contribution in [2.24, 2.45) is 0 Å². The average molecular weight is 238 g/mol. The van der Waals surface area contributed by atoms with Crippen LogP contribution in [0, 0.1) is 0 Å². The highest BCUT2D eigenvalue weighted by atomic mass is 19.3. The first kappa shape index (κ1) is 12.9. The molecule has 0 aliphatic rings. The number of rotatable bonds is 3. The van der Waals surface area contributed by atoms with E-state index in [0.717, 1.165) is 31.2 Å². The van der Waals surface area contributed by atoms with E-state index in [1.54, 1.807) is 0 Å². The summed E-state index contributed by atoms with van der Waals surface area (Å²) in [5.41, 5.74) is -0.920. The second kappa shape index (κ2) is 4.03. The van der Waals surface area contributed by atoms with E-state index in [-0.39, 0.29) is 5.56 Å². The van der Waals surface area contributed by atoms with Crippen molar-refractivity contribution in [3.63, 3.8) is 0 Å². The first-order valence-electron chi connectivity index (χ1n) is 4.37. The molecule has 2 atom stereocenters. The van der Waals surface area contributed by atoms with Crippen LogP contribution >= 0.6 is 0 Å². The van der Waals surface area contributed by atoms with Crippen molar-refractivity contribution >= 4 is 0 Å². The lowest BCUT2D eigenvalue weighted by Crippen LogP contribution is -2.28. The molecule has 0 bridgehead atoms. The quantitative estimate of drug-likeness (QED) is 0.792. The average Bonchev–Trinajstić information content (AvgIpc) is 2.16. The molecule has 0 radical (unpaired) electrons. The molecule has 0 aliphatic heterocycles. The Morgan fingerprint density at radius 1 is 1.00 bits per heavy atom. The van der Waals surface area contributed by atoms with Crippen LogP contribution < -0.4 is 0 Å². The van der Waals surface area contributed by atoms with Crippen molar-refractivity contribution in [1.29, 1.82) is 0 Å². The van der Waals surface area contributed by atoms with Gasteiger partial charge in [0.1, 0.15) is 0 Å². The lowest BCUT2D eigenvalue weighted by Gasteiger charge is -2.19. The Morgan fingerprint density at radius 2 is 1.38 bits per heavy atom. The van der Waals surface area contributed by atoms with Crippen LogP contribution in [-0.4, -0.2) is 16.6 Å². The Hall–Kier alpha value is -1.14. The molecule has 6 heteroatoms. The topological polar surface area (TPSA) is 40.5 Å². The fourth-order valence-corrected chi connectivity index (χ4v) is 1.13. The monoisotopic (exact) mass is 238 g/mol. The highest BCUT2D eigenvalue weighted by Crippen LogP contribution is 2.31. The molecule has 0 saturated carbocycles. The number of alkyl halides is 4. The molecule has 0 fully saturated rings. The molecule has 1 aromatic rings. The largest absolute Gasteiger partial charge is 0.358 e. The molecule has 2 nitrogen and oxygen atoms in total. The maximum absolute atomic E-state index is 13.0. The second-order valence-corrected chi connectivity index (χ2v) is 3.50. The summed E-state index contributed by atoms with van der Waals surface area (Å²) in [6.45, 7) is 0.844. The first-order valence-corrected chi connectivity index (χ1v) is 4.37. The van der Waals surface area contributed by atoms with E-state index >= 15 is 0 Å². The first-order chi connectivity index (χ1) is 7.15. The zero-order chi connectivity index (χ0) is 12.6. The van der Waals surface area contributed by atoms with Crippen molar-refractivity contribution in [2.75, 3.05) is 0 Å². The number of hydrogen-bond acceptors (Lipinski definition) is 2. The van der Waals surface area contributed by atoms with E-state index in [0.29, 0.717) is 0 Å². The van der Waals surface area contributed by atoms with Gasteiger partial charge in [-0.3, -0.25) is 0 Å². The van der Waals surface area contributed by atoms with E-state index in [2.05, 4.69) is 0 Å². The van der Waals surface area contributed by atoms with E-state index in [1.165, 1.54) is 0 Å². The van der Waals surface area contributed by atoms with Gasteiger partial charge < -0.3 is 10.2 Å². The third-order valence-electron chi connectivity index (χ3n) is 2.11. The number of hydrogen-bond donors (Lipinski definition) is 2. The van der Waals surface area contributed by atoms with Gasteiger partial charge in [0.2, 0.25) is 5.85 Å². The zero-order valence-electron chi connectivity index (χ0n) is 8.29. The van der Waals surface area contributed by atoms with Crippen LogP contribution in [0.25, 0.3) is 0 Å². The van der Waals surface area contributed by atoms with Gasteiger partial charge in [0.15, 0.2) is 0 Å². The van der Waals surface area contributed by atoms with Gasteiger partial charge >= 0.3 is 6.43 Å². The lowest BCUT2D eigenvalue weighted by atomic mass is 10.0. The van der Waals surface area contributed by atoms with Crippen molar-refractivity contribution in [3.8, 4) is 0 Å². The van der Waals surface area contributed by atoms with Crippen LogP contribution in [0.15, 0.2) is 24.3 Å². The number of benzene rings is 1. The van der Waals surface area contributed by atoms with Crippen LogP contribution in [0.1, 0.15) is 18.1 Å². The molecular weight excluding hydrogens is 228 g/mol. The van der Waals surface area contributed by atoms with E-state index in [9.17, 15) is 17.6 Å². The predicted octanol–water partition coefficient (Wildman–Crippen LogP) is 2.20. The molecular formula is C10H10F4O2. The fourth-order valence-electron chi connectivity index (χ4n) is 1.13. The third-order valence-corrected chi connectivity index (χ3v) is 2.11. The van der Waals surface area contributed by atoms with Crippen molar-refractivity contribution in [1.82, 2.24) is 0 Å². The Bertz CT molecular complexity index is 354. The summed E-state index contributed by atoms with van der Waals surface area (Å²) in [6, 6.07) is 3.41. The lowest BCUT2D eigenvalue weighted by molar-refractivity contribution is -0.194. The summed E-state index contributed by atoms with van der Waals surface area (Å²) in [5.74, 6) is -6.42. The van der Waals surface area contributed by atoms with E-state index < -0.39 is 23.7 Å². The van der Waals surface area contributed by atoms with Gasteiger partial charge in [-0.15, -0.1) is 0 Å². The van der Waals surface area contributed by atoms with Gasteiger partial charge in [0, 0.05) is 11.1 Å². The minimum absolute atomic E-state index is 0.221. The Morgan fingerprint density at radius 3 is 1.69 bits per heavy atom. The summed E-state index contributed by atoms with van der Waals surface area (Å²) in [6.07, 6.45) is -3.61. The standard InChI is InChI=1S/C10H10F4O2/c1-9(13,15)6-2-4-7(5-3-6)10(14,16)8(11)12/h2-5,8,15-16H,1H3. The van der Waals surface area contributed by atoms with Gasteiger partial charge in [0.25, 0.3) is 5.85 Å². The smallest absolute Gasteiger partial charge is 0.300 e. The molecule has 90 valence electrons. The molecule has 1 rings (SSSR count). The molecule has 2 unspecified atom stereocenters. The summed E-state index contributed by atoms with van der Waals surface area (Å²) in [5, 5.41) is 17.7. The highest BCUT2D eigenvalue weighted by Gasteiger charge is 2.40. The summed E-state index contributed by atoms with van der Waals surface area (Å²) < 4.78 is 50.2. The molecule has 16 heavy (non-hydrogen) atoms. The predicted molar refractivity (Wildman–Crippen MR) is 48.1 cm³/mol. The second-order valence-electron chi connectivity index (χ2n) is 3.50. The van der Waals surface area contributed by atoms with Crippen LogP contribution in [-0.2, 0) is 11.7 Å². The maximum atomic E-state index is 13.0. The Balaban J connectivity index is 3.05. The van der Waals surface area contributed by atoms with Gasteiger partial charge in [-0.25, -0.2) is 17.6 Å². The SMILES string of the molecule is CC(O)(F)c1ccc(C(O)(F)C(F)F)cc1. The molecule has 0 heterocycles. The minimum Gasteiger partial charge on any atom is -0.358 e. The van der Waals surface area contributed by atoms with Crippen LogP contribution in [0.4, 0.5) is 17.6 Å². The summed E-state index contributed by atoms with van der Waals surface area (Å²) in [7, 11) is 0. The molecule has 0 aromatic heterocycles. The fraction of sp³-hybridized carbons (Fsp3) is 0.400. The van der Waals surface area contributed by atoms with Gasteiger partial charge in [0.05, 0.1) is 0 Å². The molecule has 2 N–H and O–H groups in total. The Labute approximate surface area is 89.1 Å². The summed E-state index contributed by atoms with van der Waals surface area (Å²) >= 11 is 0. The Kier molecular flexibility index (Phi) is 3.25. The van der Waals surface area contributed by atoms with Gasteiger partial charge in [-0.2, -0.15) is 0 Å². The van der Waals surface area contributed by atoms with Crippen LogP contribution in [0.3, 0.4) is 0 Å². The highest BCUT2D eigenvalue weighted by molar-refractivity contribution is 5.28. The number of aliphatic hydroxyl groups is 2. The molecule has 0 saturated heterocycles. The van der Waals surface area contributed by atoms with Gasteiger partial charge in [-0.1, -0.05) is 24.3 Å². The van der Waals surface area contributed by atoms with E-state index in [1.807, 2.05) is 0 Å². The number of halogens is 4. The van der Waals surface area contributed by atoms with Crippen LogP contribution in [0.5, 0.6) is 0 Å². The zero-order valence-corrected chi connectivity index (χ0v) is 8.29. The van der Waals surface area contributed by atoms with E-state index in [4.69, 9.17) is 10.2 Å². The van der Waals surface area contributed by atoms with Crippen molar-refractivity contribution in [3.05, 3.63) is 35.4 Å². The van der Waals surface area contributed by atoms with Crippen LogP contribution in [0.2, 0.25) is 0 Å².